The molecule has 1 atom stereocenters. The van der Waals surface area contributed by atoms with Crippen LogP contribution in [0.1, 0.15) is 35.8 Å². The predicted molar refractivity (Wildman–Crippen MR) is 72.2 cm³/mol. The second-order valence-electron chi connectivity index (χ2n) is 4.44. The molecule has 0 amide bonds. The van der Waals surface area contributed by atoms with Crippen LogP contribution < -0.4 is 0 Å². The summed E-state index contributed by atoms with van der Waals surface area (Å²) in [6.07, 6.45) is 2.32. The minimum absolute atomic E-state index is 0.00534. The van der Waals surface area contributed by atoms with Crippen molar-refractivity contribution in [1.29, 1.82) is 0 Å². The van der Waals surface area contributed by atoms with E-state index in [2.05, 4.69) is 5.10 Å². The van der Waals surface area contributed by atoms with Crippen LogP contribution in [0.2, 0.25) is 0 Å². The maximum atomic E-state index is 11.4. The molecule has 1 aromatic heterocycles. The normalized spacial score (nSPS) is 13.4. The van der Waals surface area contributed by atoms with Gasteiger partial charge in [-0.1, -0.05) is 13.8 Å². The number of sulfone groups is 1. The summed E-state index contributed by atoms with van der Waals surface area (Å²) < 4.78 is 29.4. The Balaban J connectivity index is 2.84. The molecule has 0 fully saturated rings. The average molecular weight is 288 g/mol. The monoisotopic (exact) mass is 288 g/mol. The van der Waals surface area contributed by atoms with Crippen LogP contribution in [0.25, 0.3) is 0 Å². The van der Waals surface area contributed by atoms with Crippen molar-refractivity contribution in [2.24, 2.45) is 0 Å². The number of aldehydes is 1. The van der Waals surface area contributed by atoms with Crippen LogP contribution >= 0.6 is 0 Å². The number of aromatic nitrogens is 2. The van der Waals surface area contributed by atoms with Crippen molar-refractivity contribution in [2.75, 3.05) is 25.2 Å². The number of carbonyl (C=O) groups excluding carboxylic acids is 1. The molecule has 0 aliphatic heterocycles. The standard InChI is InChI=1S/C12H20N2O4S/c1-4-19(16,17)6-5-14-7-11(8-15)12(13-14)10(2)9-18-3/h7-8,10H,4-6,9H2,1-3H3. The van der Waals surface area contributed by atoms with Crippen molar-refractivity contribution in [3.63, 3.8) is 0 Å². The highest BCUT2D eigenvalue weighted by Crippen LogP contribution is 2.17. The third kappa shape index (κ3) is 4.43. The fourth-order valence-corrected chi connectivity index (χ4v) is 2.50. The maximum Gasteiger partial charge on any atom is 0.153 e. The number of rotatable bonds is 8. The van der Waals surface area contributed by atoms with Gasteiger partial charge in [0.1, 0.15) is 0 Å². The molecular weight excluding hydrogens is 268 g/mol. The third-order valence-corrected chi connectivity index (χ3v) is 4.59. The Hall–Kier alpha value is -1.21. The number of methoxy groups -OCH3 is 1. The zero-order valence-electron chi connectivity index (χ0n) is 11.5. The number of carbonyl (C=O) groups is 1. The minimum Gasteiger partial charge on any atom is -0.384 e. The summed E-state index contributed by atoms with van der Waals surface area (Å²) in [5.74, 6) is 0.137. The molecule has 1 unspecified atom stereocenters. The van der Waals surface area contributed by atoms with Crippen molar-refractivity contribution in [2.45, 2.75) is 26.3 Å². The lowest BCUT2D eigenvalue weighted by atomic mass is 10.1. The summed E-state index contributed by atoms with van der Waals surface area (Å²) in [7, 11) is -1.45. The van der Waals surface area contributed by atoms with E-state index in [0.717, 1.165) is 6.29 Å². The highest BCUT2D eigenvalue weighted by Gasteiger charge is 2.16. The molecule has 0 radical (unpaired) electrons. The molecule has 7 heteroatoms. The number of nitrogens with zero attached hydrogens (tertiary/aromatic N) is 2. The quantitative estimate of drug-likeness (QED) is 0.664. The molecule has 6 nitrogen and oxygen atoms in total. The Morgan fingerprint density at radius 2 is 2.21 bits per heavy atom. The number of hydrogen-bond acceptors (Lipinski definition) is 5. The largest absolute Gasteiger partial charge is 0.384 e. The molecule has 1 heterocycles. The Kier molecular flexibility index (Phi) is 5.68. The minimum atomic E-state index is -3.03. The van der Waals surface area contributed by atoms with Gasteiger partial charge in [0.2, 0.25) is 0 Å². The lowest BCUT2D eigenvalue weighted by Crippen LogP contribution is -2.15. The molecule has 0 saturated carbocycles. The van der Waals surface area contributed by atoms with Crippen LogP contribution in [0.5, 0.6) is 0 Å². The molecule has 108 valence electrons. The van der Waals surface area contributed by atoms with Gasteiger partial charge < -0.3 is 4.74 Å². The molecule has 0 aliphatic rings. The Labute approximate surface area is 113 Å². The first-order chi connectivity index (χ1) is 8.93. The van der Waals surface area contributed by atoms with Crippen LogP contribution in [0.15, 0.2) is 6.20 Å². The van der Waals surface area contributed by atoms with E-state index < -0.39 is 9.84 Å². The van der Waals surface area contributed by atoms with E-state index >= 15 is 0 Å². The molecule has 1 rings (SSSR count). The summed E-state index contributed by atoms with van der Waals surface area (Å²) in [6.45, 7) is 4.25. The SMILES string of the molecule is CCS(=O)(=O)CCn1cc(C=O)c(C(C)COC)n1. The van der Waals surface area contributed by atoms with Crippen molar-refractivity contribution in [3.05, 3.63) is 17.5 Å². The van der Waals surface area contributed by atoms with Gasteiger partial charge in [0, 0.05) is 25.0 Å². The molecule has 0 aromatic carbocycles. The van der Waals surface area contributed by atoms with Crippen molar-refractivity contribution < 1.29 is 17.9 Å². The summed E-state index contributed by atoms with van der Waals surface area (Å²) in [5, 5.41) is 4.28. The first kappa shape index (κ1) is 15.8. The lowest BCUT2D eigenvalue weighted by Gasteiger charge is -2.07. The highest BCUT2D eigenvalue weighted by atomic mass is 32.2. The summed E-state index contributed by atoms with van der Waals surface area (Å²) in [5.41, 5.74) is 1.13. The summed E-state index contributed by atoms with van der Waals surface area (Å²) >= 11 is 0. The molecule has 0 N–H and O–H groups in total. The number of aryl methyl sites for hydroxylation is 1. The summed E-state index contributed by atoms with van der Waals surface area (Å²) in [4.78, 5) is 11.0. The molecule has 0 bridgehead atoms. The van der Waals surface area contributed by atoms with E-state index in [1.807, 2.05) is 6.92 Å². The van der Waals surface area contributed by atoms with Gasteiger partial charge in [-0.2, -0.15) is 5.10 Å². The van der Waals surface area contributed by atoms with Gasteiger partial charge in [0.15, 0.2) is 16.1 Å². The topological polar surface area (TPSA) is 78.3 Å². The molecule has 1 aromatic rings. The highest BCUT2D eigenvalue weighted by molar-refractivity contribution is 7.91. The number of ether oxygens (including phenoxy) is 1. The van der Waals surface area contributed by atoms with Gasteiger partial charge >= 0.3 is 0 Å². The van der Waals surface area contributed by atoms with Gasteiger partial charge in [0.25, 0.3) is 0 Å². The molecular formula is C12H20N2O4S. The molecule has 0 aliphatic carbocycles. The van der Waals surface area contributed by atoms with Crippen LogP contribution in [0.4, 0.5) is 0 Å². The van der Waals surface area contributed by atoms with Crippen molar-refractivity contribution in [1.82, 2.24) is 9.78 Å². The molecule has 0 spiro atoms. The van der Waals surface area contributed by atoms with E-state index in [1.165, 1.54) is 4.68 Å². The van der Waals surface area contributed by atoms with Crippen molar-refractivity contribution in [3.8, 4) is 0 Å². The van der Waals surface area contributed by atoms with E-state index in [4.69, 9.17) is 4.74 Å². The Bertz CT molecular complexity index is 522. The van der Waals surface area contributed by atoms with E-state index in [-0.39, 0.29) is 24.0 Å². The Morgan fingerprint density at radius 3 is 2.74 bits per heavy atom. The number of hydrogen-bond donors (Lipinski definition) is 0. The van der Waals surface area contributed by atoms with Gasteiger partial charge in [-0.05, 0) is 0 Å². The fraction of sp³-hybridized carbons (Fsp3) is 0.667. The van der Waals surface area contributed by atoms with Crippen LogP contribution in [-0.2, 0) is 21.1 Å². The van der Waals surface area contributed by atoms with Crippen LogP contribution in [0, 0.1) is 0 Å². The lowest BCUT2D eigenvalue weighted by molar-refractivity contribution is 0.112. The van der Waals surface area contributed by atoms with Gasteiger partial charge in [0.05, 0.1) is 30.2 Å². The maximum absolute atomic E-state index is 11.4. The third-order valence-electron chi connectivity index (χ3n) is 2.90. The van der Waals surface area contributed by atoms with E-state index in [0.29, 0.717) is 17.9 Å². The van der Waals surface area contributed by atoms with Gasteiger partial charge in [-0.25, -0.2) is 8.42 Å². The zero-order valence-corrected chi connectivity index (χ0v) is 12.3. The van der Waals surface area contributed by atoms with E-state index in [1.54, 1.807) is 20.2 Å². The molecule has 0 saturated heterocycles. The second-order valence-corrected chi connectivity index (χ2v) is 6.92. The fourth-order valence-electron chi connectivity index (χ4n) is 1.75. The van der Waals surface area contributed by atoms with Crippen LogP contribution in [0.3, 0.4) is 0 Å². The van der Waals surface area contributed by atoms with Gasteiger partial charge in [-0.15, -0.1) is 0 Å². The van der Waals surface area contributed by atoms with E-state index in [9.17, 15) is 13.2 Å². The van der Waals surface area contributed by atoms with Gasteiger partial charge in [-0.3, -0.25) is 9.48 Å². The first-order valence-electron chi connectivity index (χ1n) is 6.15. The predicted octanol–water partition coefficient (Wildman–Crippen LogP) is 0.880. The second kappa shape index (κ2) is 6.81. The smallest absolute Gasteiger partial charge is 0.153 e. The zero-order chi connectivity index (χ0) is 14.5. The Morgan fingerprint density at radius 1 is 1.53 bits per heavy atom. The van der Waals surface area contributed by atoms with Crippen LogP contribution in [-0.4, -0.2) is 49.7 Å². The summed E-state index contributed by atoms with van der Waals surface area (Å²) in [6, 6.07) is 0. The average Bonchev–Trinajstić information content (AvgIpc) is 2.80. The first-order valence-corrected chi connectivity index (χ1v) is 7.97. The molecule has 19 heavy (non-hydrogen) atoms. The van der Waals surface area contributed by atoms with Crippen molar-refractivity contribution >= 4 is 16.1 Å².